The molecule has 0 aliphatic rings. The van der Waals surface area contributed by atoms with E-state index in [1.807, 2.05) is 18.2 Å². The van der Waals surface area contributed by atoms with E-state index in [0.29, 0.717) is 5.56 Å². The van der Waals surface area contributed by atoms with Crippen molar-refractivity contribution in [1.82, 2.24) is 26.3 Å². The lowest BCUT2D eigenvalue weighted by Crippen LogP contribution is -2.59. The number of ether oxygens (including phenoxy) is 1. The molecule has 4 aromatic rings. The van der Waals surface area contributed by atoms with Crippen LogP contribution in [-0.2, 0) is 49.5 Å². The van der Waals surface area contributed by atoms with Gasteiger partial charge in [0.25, 0.3) is 0 Å². The van der Waals surface area contributed by atoms with Crippen LogP contribution in [0.4, 0.5) is 0 Å². The number of aromatic nitrogens is 1. The summed E-state index contributed by atoms with van der Waals surface area (Å²) in [6.07, 6.45) is -0.0199. The number of benzene rings is 3. The van der Waals surface area contributed by atoms with Crippen LogP contribution < -0.4 is 21.3 Å². The molecular formula is C40H47N5O11. The van der Waals surface area contributed by atoms with E-state index < -0.39 is 96.9 Å². The van der Waals surface area contributed by atoms with Gasteiger partial charge in [-0.15, -0.1) is 0 Å². The summed E-state index contributed by atoms with van der Waals surface area (Å²) < 4.78 is 4.61. The maximum atomic E-state index is 13.4. The third-order valence-corrected chi connectivity index (χ3v) is 8.48. The Morgan fingerprint density at radius 2 is 1.23 bits per heavy atom. The smallest absolute Gasteiger partial charge is 0.305 e. The number of Topliss-reactive ketones (excluding diaryl/α,β-unsaturated/α-hetero) is 1. The Morgan fingerprint density at radius 1 is 0.679 bits per heavy atom. The molecule has 1 heterocycles. The van der Waals surface area contributed by atoms with Gasteiger partial charge < -0.3 is 41.2 Å². The van der Waals surface area contributed by atoms with Crippen LogP contribution in [0.25, 0.3) is 21.7 Å². The van der Waals surface area contributed by atoms with Gasteiger partial charge in [-0.1, -0.05) is 80.6 Å². The summed E-state index contributed by atoms with van der Waals surface area (Å²) in [5, 5.41) is 31.6. The molecule has 0 aliphatic heterocycles. The number of aromatic amines is 1. The second-order valence-corrected chi connectivity index (χ2v) is 13.3. The van der Waals surface area contributed by atoms with Crippen LogP contribution >= 0.6 is 0 Å². The molecule has 0 saturated carbocycles. The van der Waals surface area contributed by atoms with Crippen molar-refractivity contribution in [2.45, 2.75) is 77.5 Å². The van der Waals surface area contributed by atoms with E-state index >= 15 is 0 Å². The number of carboxylic acid groups (broad SMARTS) is 2. The quantitative estimate of drug-likeness (QED) is 0.0724. The molecule has 3 aromatic carbocycles. The molecule has 4 atom stereocenters. The van der Waals surface area contributed by atoms with Crippen molar-refractivity contribution in [3.63, 3.8) is 0 Å². The number of ketones is 1. The largest absolute Gasteiger partial charge is 0.481 e. The van der Waals surface area contributed by atoms with Crippen molar-refractivity contribution in [2.24, 2.45) is 5.92 Å². The van der Waals surface area contributed by atoms with Gasteiger partial charge in [-0.25, -0.2) is 0 Å². The zero-order chi connectivity index (χ0) is 41.4. The van der Waals surface area contributed by atoms with Crippen molar-refractivity contribution in [2.75, 3.05) is 6.61 Å². The number of carboxylic acids is 2. The predicted octanol–water partition coefficient (Wildman–Crippen LogP) is 2.64. The Hall–Kier alpha value is -6.58. The SMILES string of the molecule is CC(=O)NC(Cc1c[nH]c2ccccc12)C(=O)NC(CCC(=O)O)C(=O)NC(C(=O)NC(CC(=O)O)C(=O)COC(C)=O)C(C)C.c1ccc2ccccc2c1. The molecule has 0 bridgehead atoms. The van der Waals surface area contributed by atoms with Gasteiger partial charge in [0.15, 0.2) is 12.4 Å². The Bertz CT molecular complexity index is 1980. The molecule has 4 amide bonds. The molecule has 16 nitrogen and oxygen atoms in total. The highest BCUT2D eigenvalue weighted by Gasteiger charge is 2.33. The zero-order valence-corrected chi connectivity index (χ0v) is 31.5. The molecule has 0 radical (unpaired) electrons. The second kappa shape index (κ2) is 21.3. The van der Waals surface area contributed by atoms with E-state index in [9.17, 15) is 48.6 Å². The molecule has 0 saturated heterocycles. The third-order valence-electron chi connectivity index (χ3n) is 8.48. The molecule has 0 fully saturated rings. The van der Waals surface area contributed by atoms with E-state index in [0.717, 1.165) is 17.8 Å². The summed E-state index contributed by atoms with van der Waals surface area (Å²) in [7, 11) is 0. The van der Waals surface area contributed by atoms with E-state index in [1.165, 1.54) is 17.7 Å². The lowest BCUT2D eigenvalue weighted by molar-refractivity contribution is -0.147. The van der Waals surface area contributed by atoms with Crippen LogP contribution in [0.3, 0.4) is 0 Å². The summed E-state index contributed by atoms with van der Waals surface area (Å²) in [5.41, 5.74) is 1.50. The summed E-state index contributed by atoms with van der Waals surface area (Å²) >= 11 is 0. The number of hydrogen-bond donors (Lipinski definition) is 7. The maximum absolute atomic E-state index is 13.4. The average Bonchev–Trinajstić information content (AvgIpc) is 3.55. The minimum absolute atomic E-state index is 0.0338. The first-order chi connectivity index (χ1) is 26.5. The number of aliphatic carboxylic acids is 2. The van der Waals surface area contributed by atoms with Crippen molar-refractivity contribution in [3.05, 3.63) is 84.6 Å². The Kier molecular flexibility index (Phi) is 16.7. The van der Waals surface area contributed by atoms with Gasteiger partial charge in [0, 0.05) is 43.8 Å². The van der Waals surface area contributed by atoms with Crippen LogP contribution in [0.5, 0.6) is 0 Å². The lowest BCUT2D eigenvalue weighted by atomic mass is 10.00. The van der Waals surface area contributed by atoms with Gasteiger partial charge >= 0.3 is 17.9 Å². The number of rotatable bonds is 18. The highest BCUT2D eigenvalue weighted by atomic mass is 16.5. The summed E-state index contributed by atoms with van der Waals surface area (Å²) in [4.78, 5) is 101. The Balaban J connectivity index is 0.000000716. The van der Waals surface area contributed by atoms with E-state index in [4.69, 9.17) is 0 Å². The van der Waals surface area contributed by atoms with Crippen molar-refractivity contribution < 1.29 is 53.3 Å². The third kappa shape index (κ3) is 14.0. The van der Waals surface area contributed by atoms with Crippen LogP contribution in [0.1, 0.15) is 52.5 Å². The van der Waals surface area contributed by atoms with Gasteiger partial charge in [0.05, 0.1) is 6.42 Å². The average molecular weight is 774 g/mol. The standard InChI is InChI=1S/C30H39N5O11.C10H8/c1-15(2)27(30(45)34-22(12-26(41)42)24(38)14-46-17(4)37)35-28(43)21(9-10-25(39)40)33-29(44)23(32-16(3)36)11-18-13-31-20-8-6-5-7-19(18)20;1-2-6-10-8-4-3-7-9(10)5-1/h5-8,13,15,21-23,27,31H,9-12,14H2,1-4H3,(H,32,36)(H,33,44)(H,34,45)(H,35,43)(H,39,40)(H,41,42);1-8H. The first-order valence-electron chi connectivity index (χ1n) is 17.8. The Labute approximate surface area is 322 Å². The first kappa shape index (κ1) is 43.8. The number of carbonyl (C=O) groups is 8. The van der Waals surface area contributed by atoms with Crippen LogP contribution in [0.15, 0.2) is 79.0 Å². The first-order valence-corrected chi connectivity index (χ1v) is 17.8. The highest BCUT2D eigenvalue weighted by Crippen LogP contribution is 2.19. The second-order valence-electron chi connectivity index (χ2n) is 13.3. The molecular weight excluding hydrogens is 726 g/mol. The van der Waals surface area contributed by atoms with Crippen LogP contribution in [0.2, 0.25) is 0 Å². The van der Waals surface area contributed by atoms with Crippen LogP contribution in [-0.4, -0.2) is 93.3 Å². The van der Waals surface area contributed by atoms with E-state index in [1.54, 1.807) is 26.1 Å². The van der Waals surface area contributed by atoms with E-state index in [-0.39, 0.29) is 12.8 Å². The number of carbonyl (C=O) groups excluding carboxylic acids is 6. The molecule has 16 heteroatoms. The van der Waals surface area contributed by atoms with Gasteiger partial charge in [0.2, 0.25) is 23.6 Å². The van der Waals surface area contributed by atoms with Gasteiger partial charge in [0.1, 0.15) is 24.2 Å². The molecule has 56 heavy (non-hydrogen) atoms. The molecule has 4 unspecified atom stereocenters. The highest BCUT2D eigenvalue weighted by molar-refractivity contribution is 5.97. The number of para-hydroxylation sites is 1. The summed E-state index contributed by atoms with van der Waals surface area (Å²) in [5.74, 6) is -8.18. The molecule has 0 spiro atoms. The molecule has 1 aromatic heterocycles. The molecule has 0 aliphatic carbocycles. The number of amides is 4. The minimum Gasteiger partial charge on any atom is -0.481 e. The Morgan fingerprint density at radius 3 is 1.77 bits per heavy atom. The number of hydrogen-bond acceptors (Lipinski definition) is 9. The number of nitrogens with one attached hydrogen (secondary N) is 5. The van der Waals surface area contributed by atoms with Crippen molar-refractivity contribution in [1.29, 1.82) is 0 Å². The number of fused-ring (bicyclic) bond motifs is 2. The van der Waals surface area contributed by atoms with Gasteiger partial charge in [-0.3, -0.25) is 38.4 Å². The molecule has 7 N–H and O–H groups in total. The van der Waals surface area contributed by atoms with Gasteiger partial charge in [-0.2, -0.15) is 0 Å². The summed E-state index contributed by atoms with van der Waals surface area (Å²) in [6.45, 7) is 4.57. The van der Waals surface area contributed by atoms with Gasteiger partial charge in [-0.05, 0) is 34.7 Å². The fraction of sp³-hybridized carbons (Fsp3) is 0.350. The number of esters is 1. The maximum Gasteiger partial charge on any atom is 0.305 e. The summed E-state index contributed by atoms with van der Waals surface area (Å²) in [6, 6.07) is 18.4. The fourth-order valence-corrected chi connectivity index (χ4v) is 5.66. The topological polar surface area (TPSA) is 250 Å². The normalized spacial score (nSPS) is 12.9. The minimum atomic E-state index is -1.59. The lowest BCUT2D eigenvalue weighted by Gasteiger charge is -2.27. The number of H-pyrrole nitrogens is 1. The van der Waals surface area contributed by atoms with E-state index in [2.05, 4.69) is 79.5 Å². The monoisotopic (exact) mass is 773 g/mol. The zero-order valence-electron chi connectivity index (χ0n) is 31.5. The van der Waals surface area contributed by atoms with Crippen LogP contribution in [0, 0.1) is 5.92 Å². The fourth-order valence-electron chi connectivity index (χ4n) is 5.66. The van der Waals surface area contributed by atoms with Crippen molar-refractivity contribution >= 4 is 69.0 Å². The molecule has 4 rings (SSSR count). The predicted molar refractivity (Wildman–Crippen MR) is 205 cm³/mol. The molecule has 298 valence electrons. The van der Waals surface area contributed by atoms with Crippen molar-refractivity contribution in [3.8, 4) is 0 Å².